The summed E-state index contributed by atoms with van der Waals surface area (Å²) >= 11 is 0. The van der Waals surface area contributed by atoms with E-state index in [0.717, 1.165) is 17.7 Å². The third kappa shape index (κ3) is 5.84. The van der Waals surface area contributed by atoms with Crippen LogP contribution in [-0.4, -0.2) is 83.2 Å². The SMILES string of the molecule is COC[C@@H](OCc1ccccc1)[C@@H]1OC(CO)[C@H](O)[C@H](n2cc(-c3cc(F)c(F)c(F)c3)nn2)C1OC. The Hall–Kier alpha value is -2.87. The van der Waals surface area contributed by atoms with Gasteiger partial charge >= 0.3 is 0 Å². The van der Waals surface area contributed by atoms with E-state index in [0.29, 0.717) is 0 Å². The average molecular weight is 524 g/mol. The van der Waals surface area contributed by atoms with Crippen molar-refractivity contribution < 1.29 is 42.3 Å². The summed E-state index contributed by atoms with van der Waals surface area (Å²) in [6.45, 7) is -0.147. The van der Waals surface area contributed by atoms with Gasteiger partial charge < -0.3 is 29.2 Å². The Bertz CT molecular complexity index is 1140. The quantitative estimate of drug-likeness (QED) is 0.390. The molecule has 2 aromatic carbocycles. The molecule has 1 aliphatic rings. The molecule has 0 spiro atoms. The average Bonchev–Trinajstić information content (AvgIpc) is 3.39. The molecule has 4 rings (SSSR count). The first-order chi connectivity index (χ1) is 17.9. The Labute approximate surface area is 211 Å². The third-order valence-electron chi connectivity index (χ3n) is 6.27. The second-order valence-corrected chi connectivity index (χ2v) is 8.63. The number of halogens is 3. The number of aliphatic hydroxyl groups excluding tert-OH is 2. The largest absolute Gasteiger partial charge is 0.394 e. The van der Waals surface area contributed by atoms with Gasteiger partial charge in [0.1, 0.15) is 42.3 Å². The molecule has 0 radical (unpaired) electrons. The summed E-state index contributed by atoms with van der Waals surface area (Å²) in [6.07, 6.45) is -3.31. The van der Waals surface area contributed by atoms with E-state index in [1.54, 1.807) is 0 Å². The first-order valence-electron chi connectivity index (χ1n) is 11.6. The molecule has 1 saturated heterocycles. The molecule has 200 valence electrons. The van der Waals surface area contributed by atoms with Gasteiger partial charge in [-0.05, 0) is 17.7 Å². The fourth-order valence-corrected chi connectivity index (χ4v) is 4.44. The smallest absolute Gasteiger partial charge is 0.194 e. The Balaban J connectivity index is 1.64. The van der Waals surface area contributed by atoms with Gasteiger partial charge in [-0.15, -0.1) is 5.10 Å². The molecule has 3 aromatic rings. The third-order valence-corrected chi connectivity index (χ3v) is 6.27. The van der Waals surface area contributed by atoms with Crippen LogP contribution in [0, 0.1) is 17.5 Å². The first-order valence-corrected chi connectivity index (χ1v) is 11.6. The van der Waals surface area contributed by atoms with Gasteiger partial charge in [-0.2, -0.15) is 0 Å². The van der Waals surface area contributed by atoms with E-state index in [1.165, 1.54) is 25.1 Å². The summed E-state index contributed by atoms with van der Waals surface area (Å²) < 4.78 is 65.4. The summed E-state index contributed by atoms with van der Waals surface area (Å²) in [4.78, 5) is 0. The van der Waals surface area contributed by atoms with Crippen molar-refractivity contribution in [1.29, 1.82) is 0 Å². The van der Waals surface area contributed by atoms with Gasteiger partial charge in [0, 0.05) is 19.8 Å². The Kier molecular flexibility index (Phi) is 8.90. The van der Waals surface area contributed by atoms with Gasteiger partial charge in [-0.25, -0.2) is 17.9 Å². The minimum atomic E-state index is -1.59. The fraction of sp³-hybridized carbons (Fsp3) is 0.440. The van der Waals surface area contributed by atoms with E-state index < -0.39 is 60.6 Å². The Morgan fingerprint density at radius 2 is 1.81 bits per heavy atom. The number of rotatable bonds is 10. The summed E-state index contributed by atoms with van der Waals surface area (Å²) in [7, 11) is 2.92. The lowest BCUT2D eigenvalue weighted by atomic mass is 9.90. The maximum atomic E-state index is 13.8. The molecule has 0 amide bonds. The van der Waals surface area contributed by atoms with E-state index in [9.17, 15) is 23.4 Å². The Morgan fingerprint density at radius 3 is 2.43 bits per heavy atom. The normalized spacial score (nSPS) is 24.8. The molecule has 1 aliphatic heterocycles. The van der Waals surface area contributed by atoms with E-state index in [1.807, 2.05) is 30.3 Å². The van der Waals surface area contributed by atoms with Gasteiger partial charge in [0.05, 0.1) is 26.0 Å². The van der Waals surface area contributed by atoms with Crippen LogP contribution in [0.2, 0.25) is 0 Å². The van der Waals surface area contributed by atoms with Crippen LogP contribution in [0.1, 0.15) is 11.6 Å². The second-order valence-electron chi connectivity index (χ2n) is 8.63. The highest BCUT2D eigenvalue weighted by Crippen LogP contribution is 2.35. The van der Waals surface area contributed by atoms with Gasteiger partial charge in [0.2, 0.25) is 0 Å². The molecule has 0 bridgehead atoms. The van der Waals surface area contributed by atoms with Crippen molar-refractivity contribution in [3.05, 3.63) is 71.7 Å². The van der Waals surface area contributed by atoms with Crippen molar-refractivity contribution in [3.8, 4) is 11.3 Å². The van der Waals surface area contributed by atoms with Crippen molar-refractivity contribution in [2.24, 2.45) is 0 Å². The summed E-state index contributed by atoms with van der Waals surface area (Å²) in [6, 6.07) is 10.1. The van der Waals surface area contributed by atoms with Crippen LogP contribution in [-0.2, 0) is 25.6 Å². The molecular weight excluding hydrogens is 495 g/mol. The lowest BCUT2D eigenvalue weighted by molar-refractivity contribution is -0.247. The maximum Gasteiger partial charge on any atom is 0.194 e. The lowest BCUT2D eigenvalue weighted by Gasteiger charge is -2.45. The molecule has 2 N–H and O–H groups in total. The van der Waals surface area contributed by atoms with Gasteiger partial charge in [-0.3, -0.25) is 0 Å². The predicted octanol–water partition coefficient (Wildman–Crippen LogP) is 2.27. The minimum absolute atomic E-state index is 0.0391. The van der Waals surface area contributed by atoms with E-state index >= 15 is 0 Å². The van der Waals surface area contributed by atoms with Crippen LogP contribution in [0.5, 0.6) is 0 Å². The number of nitrogens with zero attached hydrogens (tertiary/aromatic N) is 3. The zero-order valence-corrected chi connectivity index (χ0v) is 20.2. The molecule has 6 atom stereocenters. The molecule has 2 heterocycles. The van der Waals surface area contributed by atoms with Crippen molar-refractivity contribution in [2.45, 2.75) is 43.2 Å². The highest BCUT2D eigenvalue weighted by atomic mass is 19.2. The van der Waals surface area contributed by atoms with Gasteiger partial charge in [-0.1, -0.05) is 35.5 Å². The number of ether oxygens (including phenoxy) is 4. The Morgan fingerprint density at radius 1 is 1.11 bits per heavy atom. The second kappa shape index (κ2) is 12.1. The van der Waals surface area contributed by atoms with E-state index in [-0.39, 0.29) is 24.5 Å². The molecule has 2 unspecified atom stereocenters. The predicted molar refractivity (Wildman–Crippen MR) is 124 cm³/mol. The molecule has 0 aliphatic carbocycles. The van der Waals surface area contributed by atoms with Crippen molar-refractivity contribution in [3.63, 3.8) is 0 Å². The summed E-state index contributed by atoms with van der Waals surface area (Å²) in [5.74, 6) is -4.34. The van der Waals surface area contributed by atoms with Crippen LogP contribution < -0.4 is 0 Å². The highest BCUT2D eigenvalue weighted by Gasteiger charge is 2.50. The van der Waals surface area contributed by atoms with Crippen LogP contribution in [0.4, 0.5) is 13.2 Å². The fourth-order valence-electron chi connectivity index (χ4n) is 4.44. The molecule has 9 nitrogen and oxygen atoms in total. The van der Waals surface area contributed by atoms with Crippen LogP contribution >= 0.6 is 0 Å². The lowest BCUT2D eigenvalue weighted by Crippen LogP contribution is -2.60. The number of benzene rings is 2. The van der Waals surface area contributed by atoms with Crippen LogP contribution in [0.25, 0.3) is 11.3 Å². The van der Waals surface area contributed by atoms with Gasteiger partial charge in [0.15, 0.2) is 17.5 Å². The number of hydrogen-bond acceptors (Lipinski definition) is 8. The number of hydrogen-bond donors (Lipinski definition) is 2. The molecular formula is C25H28F3N3O6. The van der Waals surface area contributed by atoms with Crippen LogP contribution in [0.3, 0.4) is 0 Å². The zero-order valence-electron chi connectivity index (χ0n) is 20.2. The van der Waals surface area contributed by atoms with Gasteiger partial charge in [0.25, 0.3) is 0 Å². The van der Waals surface area contributed by atoms with Crippen molar-refractivity contribution in [1.82, 2.24) is 15.0 Å². The number of aromatic nitrogens is 3. The number of aliphatic hydroxyl groups is 2. The van der Waals surface area contributed by atoms with Crippen molar-refractivity contribution >= 4 is 0 Å². The van der Waals surface area contributed by atoms with E-state index in [4.69, 9.17) is 18.9 Å². The molecule has 1 fully saturated rings. The molecule has 0 saturated carbocycles. The molecule has 37 heavy (non-hydrogen) atoms. The highest BCUT2D eigenvalue weighted by molar-refractivity contribution is 5.57. The minimum Gasteiger partial charge on any atom is -0.394 e. The van der Waals surface area contributed by atoms with Crippen molar-refractivity contribution in [2.75, 3.05) is 27.4 Å². The topological polar surface area (TPSA) is 108 Å². The standard InChI is InChI=1S/C25H28F3N3O6/c1-34-13-20(36-12-14-6-4-3-5-7-14)24-25(35-2)22(23(33)19(11-32)37-24)31-10-18(29-30-31)15-8-16(26)21(28)17(27)9-15/h3-10,19-20,22-25,32-33H,11-13H2,1-2H3/t19?,20-,22+,23+,24+,25?/m1/s1. The van der Waals surface area contributed by atoms with E-state index in [2.05, 4.69) is 10.3 Å². The van der Waals surface area contributed by atoms with Crippen LogP contribution in [0.15, 0.2) is 48.7 Å². The first kappa shape index (κ1) is 27.2. The summed E-state index contributed by atoms with van der Waals surface area (Å²) in [5, 5.41) is 28.9. The molecule has 1 aromatic heterocycles. The monoisotopic (exact) mass is 523 g/mol. The number of methoxy groups -OCH3 is 2. The zero-order chi connectivity index (χ0) is 26.5. The summed E-state index contributed by atoms with van der Waals surface area (Å²) in [5.41, 5.74) is 0.914. The maximum absolute atomic E-state index is 13.8. The molecule has 12 heteroatoms.